The average Bonchev–Trinajstić information content (AvgIpc) is 1.83. The van der Waals surface area contributed by atoms with Crippen molar-refractivity contribution in [1.82, 2.24) is 0 Å². The number of hydrogen-bond donors (Lipinski definition) is 1. The molecule has 13 heavy (non-hydrogen) atoms. The van der Waals surface area contributed by atoms with Crippen LogP contribution < -0.4 is 0 Å². The summed E-state index contributed by atoms with van der Waals surface area (Å²) in [6.07, 6.45) is -0.458. The van der Waals surface area contributed by atoms with Crippen LogP contribution in [0.1, 0.15) is 27.7 Å². The maximum Gasteiger partial charge on any atom is 0.391 e. The zero-order chi connectivity index (χ0) is 11.0. The van der Waals surface area contributed by atoms with E-state index in [4.69, 9.17) is 16.7 Å². The third-order valence-corrected chi connectivity index (χ3v) is 0.658. The van der Waals surface area contributed by atoms with Gasteiger partial charge in [0.25, 0.3) is 0 Å². The first-order chi connectivity index (χ1) is 5.77. The molecule has 0 amide bonds. The lowest BCUT2D eigenvalue weighted by Gasteiger charge is -2.02. The molecule has 0 saturated carbocycles. The van der Waals surface area contributed by atoms with E-state index in [2.05, 4.69) is 4.74 Å². The van der Waals surface area contributed by atoms with Crippen molar-refractivity contribution in [2.75, 3.05) is 0 Å². The molecule has 0 aliphatic heterocycles. The fraction of sp³-hybridized carbons (Fsp3) is 0.750. The molecule has 0 aliphatic carbocycles. The van der Waals surface area contributed by atoms with E-state index in [0.717, 1.165) is 0 Å². The molecule has 0 atom stereocenters. The van der Waals surface area contributed by atoms with Crippen molar-refractivity contribution >= 4 is 22.8 Å². The molecule has 4 nitrogen and oxygen atoms in total. The van der Waals surface area contributed by atoms with Gasteiger partial charge in [0.1, 0.15) is 0 Å². The quantitative estimate of drug-likeness (QED) is 0.421. The molecule has 1 N–H and O–H groups in total. The zero-order valence-corrected chi connectivity index (χ0v) is 8.96. The Labute approximate surface area is 82.8 Å². The van der Waals surface area contributed by atoms with Crippen LogP contribution in [0, 0.1) is 0 Å². The smallest absolute Gasteiger partial charge is 0.391 e. The van der Waals surface area contributed by atoms with Crippen LogP contribution >= 0.6 is 11.6 Å². The Bertz CT molecular complexity index is 163. The van der Waals surface area contributed by atoms with Crippen molar-refractivity contribution in [2.45, 2.75) is 39.9 Å². The number of aliphatic hydroxyl groups is 1. The Hall–Kier alpha value is -0.610. The molecule has 0 heterocycles. The molecular formula is C8H15ClO4. The minimum atomic E-state index is -1.08. The Morgan fingerprint density at radius 3 is 1.62 bits per heavy atom. The first-order valence-corrected chi connectivity index (χ1v) is 4.23. The highest BCUT2D eigenvalue weighted by molar-refractivity contribution is 6.80. The Balaban J connectivity index is 0. The lowest BCUT2D eigenvalue weighted by Crippen LogP contribution is -2.16. The molecule has 78 valence electrons. The fourth-order valence-corrected chi connectivity index (χ4v) is 0.305. The summed E-state index contributed by atoms with van der Waals surface area (Å²) in [7, 11) is 0. The van der Waals surface area contributed by atoms with E-state index in [0.29, 0.717) is 0 Å². The van der Waals surface area contributed by atoms with Crippen LogP contribution in [-0.2, 0) is 14.3 Å². The summed E-state index contributed by atoms with van der Waals surface area (Å²) >= 11 is 4.76. The number of esters is 1. The van der Waals surface area contributed by atoms with Gasteiger partial charge in [-0.3, -0.25) is 4.79 Å². The van der Waals surface area contributed by atoms with Gasteiger partial charge in [0.15, 0.2) is 0 Å². The molecule has 0 rings (SSSR count). The predicted molar refractivity (Wildman–Crippen MR) is 49.4 cm³/mol. The molecule has 5 heteroatoms. The van der Waals surface area contributed by atoms with Gasteiger partial charge < -0.3 is 9.84 Å². The highest BCUT2D eigenvalue weighted by Crippen LogP contribution is 1.91. The molecule has 0 aromatic heterocycles. The minimum absolute atomic E-state index is 0.167. The molecule has 0 spiro atoms. The fourth-order valence-electron chi connectivity index (χ4n) is 0.260. The SMILES string of the molecule is CC(C)O.CC(C)OC(=O)C(=O)Cl. The topological polar surface area (TPSA) is 63.6 Å². The van der Waals surface area contributed by atoms with Crippen LogP contribution in [-0.4, -0.2) is 28.5 Å². The van der Waals surface area contributed by atoms with Gasteiger partial charge in [0.2, 0.25) is 0 Å². The van der Waals surface area contributed by atoms with Crippen molar-refractivity contribution in [3.63, 3.8) is 0 Å². The lowest BCUT2D eigenvalue weighted by atomic mass is 10.5. The van der Waals surface area contributed by atoms with Crippen molar-refractivity contribution in [3.05, 3.63) is 0 Å². The molecule has 0 bridgehead atoms. The number of carbonyl (C=O) groups excluding carboxylic acids is 2. The van der Waals surface area contributed by atoms with E-state index < -0.39 is 11.2 Å². The van der Waals surface area contributed by atoms with Gasteiger partial charge in [-0.1, -0.05) is 0 Å². The van der Waals surface area contributed by atoms with Crippen LogP contribution in [0.15, 0.2) is 0 Å². The molecule has 0 aliphatic rings. The third-order valence-electron chi connectivity index (χ3n) is 0.503. The number of rotatable bonds is 2. The maximum absolute atomic E-state index is 10.2. The summed E-state index contributed by atoms with van der Waals surface area (Å²) in [5.41, 5.74) is 0. The van der Waals surface area contributed by atoms with E-state index in [1.807, 2.05) is 0 Å². The molecule has 0 aromatic rings. The highest BCUT2D eigenvalue weighted by Gasteiger charge is 2.12. The maximum atomic E-state index is 10.2. The Kier molecular flexibility index (Phi) is 9.17. The highest BCUT2D eigenvalue weighted by atomic mass is 35.5. The third kappa shape index (κ3) is 18.4. The average molecular weight is 211 g/mol. The second-order valence-electron chi connectivity index (χ2n) is 2.82. The van der Waals surface area contributed by atoms with Crippen molar-refractivity contribution in [3.8, 4) is 0 Å². The van der Waals surface area contributed by atoms with Crippen LogP contribution in [0.5, 0.6) is 0 Å². The Morgan fingerprint density at radius 2 is 1.54 bits per heavy atom. The van der Waals surface area contributed by atoms with Crippen LogP contribution in [0.2, 0.25) is 0 Å². The predicted octanol–water partition coefficient (Wildman–Crippen LogP) is 1.09. The van der Waals surface area contributed by atoms with E-state index in [9.17, 15) is 9.59 Å². The van der Waals surface area contributed by atoms with Gasteiger partial charge in [0, 0.05) is 6.10 Å². The van der Waals surface area contributed by atoms with Gasteiger partial charge in [-0.25, -0.2) is 4.79 Å². The monoisotopic (exact) mass is 210 g/mol. The van der Waals surface area contributed by atoms with Crippen molar-refractivity contribution < 1.29 is 19.4 Å². The number of ether oxygens (including phenoxy) is 1. The summed E-state index contributed by atoms with van der Waals surface area (Å²) in [4.78, 5) is 20.2. The van der Waals surface area contributed by atoms with Crippen molar-refractivity contribution in [1.29, 1.82) is 0 Å². The van der Waals surface area contributed by atoms with E-state index in [1.165, 1.54) is 0 Å². The normalized spacial score (nSPS) is 9.23. The zero-order valence-electron chi connectivity index (χ0n) is 8.20. The largest absolute Gasteiger partial charge is 0.456 e. The summed E-state index contributed by atoms with van der Waals surface area (Å²) in [6, 6.07) is 0. The molecular weight excluding hydrogens is 196 g/mol. The second-order valence-corrected chi connectivity index (χ2v) is 3.16. The molecule has 0 unspecified atom stereocenters. The molecule has 0 aromatic carbocycles. The lowest BCUT2D eigenvalue weighted by molar-refractivity contribution is -0.153. The van der Waals surface area contributed by atoms with Crippen molar-refractivity contribution in [2.24, 2.45) is 0 Å². The van der Waals surface area contributed by atoms with Gasteiger partial charge in [0.05, 0.1) is 6.10 Å². The van der Waals surface area contributed by atoms with Gasteiger partial charge in [-0.2, -0.15) is 0 Å². The van der Waals surface area contributed by atoms with Gasteiger partial charge in [-0.05, 0) is 39.3 Å². The minimum Gasteiger partial charge on any atom is -0.456 e. The van der Waals surface area contributed by atoms with E-state index >= 15 is 0 Å². The summed E-state index contributed by atoms with van der Waals surface area (Å²) in [5.74, 6) is -0.994. The first kappa shape index (κ1) is 14.9. The van der Waals surface area contributed by atoms with Gasteiger partial charge >= 0.3 is 11.2 Å². The van der Waals surface area contributed by atoms with Gasteiger partial charge in [-0.15, -0.1) is 0 Å². The summed E-state index contributed by atoms with van der Waals surface area (Å²) < 4.78 is 4.39. The second kappa shape index (κ2) is 8.01. The Morgan fingerprint density at radius 1 is 1.23 bits per heavy atom. The number of aliphatic hydroxyl groups excluding tert-OH is 1. The van der Waals surface area contributed by atoms with Crippen LogP contribution in [0.4, 0.5) is 0 Å². The molecule has 0 radical (unpaired) electrons. The number of halogens is 1. The summed E-state index contributed by atoms with van der Waals surface area (Å²) in [6.45, 7) is 6.72. The van der Waals surface area contributed by atoms with Crippen LogP contribution in [0.25, 0.3) is 0 Å². The standard InChI is InChI=1S/C5H7ClO3.C3H8O/c1-3(2)9-5(8)4(6)7;1-3(2)4/h3H,1-2H3;3-4H,1-2H3. The molecule has 0 fully saturated rings. The summed E-state index contributed by atoms with van der Waals surface area (Å²) in [5, 5.41) is 6.98. The number of carbonyl (C=O) groups is 2. The first-order valence-electron chi connectivity index (χ1n) is 3.85. The van der Waals surface area contributed by atoms with E-state index in [-0.39, 0.29) is 12.2 Å². The van der Waals surface area contributed by atoms with Crippen LogP contribution in [0.3, 0.4) is 0 Å². The molecule has 0 saturated heterocycles. The van der Waals surface area contributed by atoms with E-state index in [1.54, 1.807) is 27.7 Å². The number of hydrogen-bond acceptors (Lipinski definition) is 4.